The van der Waals surface area contributed by atoms with E-state index in [4.69, 9.17) is 4.74 Å². The Balaban J connectivity index is 1.72. The Kier molecular flexibility index (Phi) is 3.99. The van der Waals surface area contributed by atoms with Gasteiger partial charge in [-0.1, -0.05) is 0 Å². The molecule has 1 atom stereocenters. The standard InChI is InChI=1S/C15H23N3O3/c1-2-18-9-12(7-16-18)8-17-10-13(14(19)20)15(11-17)3-5-21-6-4-15/h7,9,13H,2-6,8,10-11H2,1H3,(H,19,20). The van der Waals surface area contributed by atoms with Crippen molar-refractivity contribution in [2.45, 2.75) is 32.9 Å². The van der Waals surface area contributed by atoms with Gasteiger partial charge in [0.25, 0.3) is 0 Å². The van der Waals surface area contributed by atoms with Crippen LogP contribution in [0.4, 0.5) is 0 Å². The molecule has 2 saturated heterocycles. The number of nitrogens with zero attached hydrogens (tertiary/aromatic N) is 3. The van der Waals surface area contributed by atoms with E-state index in [1.807, 2.05) is 17.1 Å². The van der Waals surface area contributed by atoms with Crippen LogP contribution in [0.3, 0.4) is 0 Å². The van der Waals surface area contributed by atoms with Crippen molar-refractivity contribution in [3.05, 3.63) is 18.0 Å². The summed E-state index contributed by atoms with van der Waals surface area (Å²) in [6.45, 7) is 6.56. The number of hydrogen-bond donors (Lipinski definition) is 1. The molecule has 0 aromatic carbocycles. The van der Waals surface area contributed by atoms with Crippen molar-refractivity contribution >= 4 is 5.97 Å². The zero-order valence-electron chi connectivity index (χ0n) is 12.5. The van der Waals surface area contributed by atoms with E-state index in [9.17, 15) is 9.90 Å². The topological polar surface area (TPSA) is 67.6 Å². The fraction of sp³-hybridized carbons (Fsp3) is 0.733. The zero-order chi connectivity index (χ0) is 14.9. The van der Waals surface area contributed by atoms with Gasteiger partial charge in [0.15, 0.2) is 0 Å². The first-order chi connectivity index (χ1) is 10.1. The van der Waals surface area contributed by atoms with E-state index in [0.717, 1.165) is 38.0 Å². The molecule has 6 heteroatoms. The SMILES string of the molecule is CCn1cc(CN2CC(C(=O)O)C3(CCOCC3)C2)cn1. The molecule has 1 N–H and O–H groups in total. The van der Waals surface area contributed by atoms with Gasteiger partial charge in [-0.15, -0.1) is 0 Å². The summed E-state index contributed by atoms with van der Waals surface area (Å²) in [5, 5.41) is 13.9. The number of aryl methyl sites for hydroxylation is 1. The van der Waals surface area contributed by atoms with Gasteiger partial charge >= 0.3 is 5.97 Å². The quantitative estimate of drug-likeness (QED) is 0.904. The fourth-order valence-electron chi connectivity index (χ4n) is 3.74. The maximum Gasteiger partial charge on any atom is 0.308 e. The molecule has 21 heavy (non-hydrogen) atoms. The molecule has 2 fully saturated rings. The number of ether oxygens (including phenoxy) is 1. The molecule has 0 saturated carbocycles. The fourth-order valence-corrected chi connectivity index (χ4v) is 3.74. The lowest BCUT2D eigenvalue weighted by molar-refractivity contribution is -0.146. The maximum absolute atomic E-state index is 11.6. The van der Waals surface area contributed by atoms with Gasteiger partial charge in [-0.25, -0.2) is 0 Å². The average molecular weight is 293 g/mol. The highest BCUT2D eigenvalue weighted by atomic mass is 16.5. The predicted molar refractivity (Wildman–Crippen MR) is 76.8 cm³/mol. The second-order valence-electron chi connectivity index (χ2n) is 6.24. The van der Waals surface area contributed by atoms with Crippen LogP contribution in [0.25, 0.3) is 0 Å². The third kappa shape index (κ3) is 2.82. The Hall–Kier alpha value is -1.40. The Morgan fingerprint density at radius 1 is 1.52 bits per heavy atom. The Bertz CT molecular complexity index is 508. The lowest BCUT2D eigenvalue weighted by Crippen LogP contribution is -2.40. The number of rotatable bonds is 4. The second-order valence-corrected chi connectivity index (χ2v) is 6.24. The van der Waals surface area contributed by atoms with Crippen molar-refractivity contribution in [3.8, 4) is 0 Å². The Labute approximate surface area is 124 Å². The molecular weight excluding hydrogens is 270 g/mol. The smallest absolute Gasteiger partial charge is 0.308 e. The molecule has 3 heterocycles. The van der Waals surface area contributed by atoms with E-state index < -0.39 is 5.97 Å². The van der Waals surface area contributed by atoms with Crippen LogP contribution in [-0.2, 0) is 22.6 Å². The van der Waals surface area contributed by atoms with Gasteiger partial charge in [-0.05, 0) is 19.8 Å². The zero-order valence-corrected chi connectivity index (χ0v) is 12.5. The van der Waals surface area contributed by atoms with Gasteiger partial charge < -0.3 is 9.84 Å². The number of carboxylic acids is 1. The average Bonchev–Trinajstić information content (AvgIpc) is 3.05. The number of aromatic nitrogens is 2. The molecule has 2 aliphatic heterocycles. The lowest BCUT2D eigenvalue weighted by Gasteiger charge is -2.36. The van der Waals surface area contributed by atoms with Gasteiger partial charge in [0, 0.05) is 56.6 Å². The minimum absolute atomic E-state index is 0.106. The van der Waals surface area contributed by atoms with Crippen LogP contribution < -0.4 is 0 Å². The molecule has 1 spiro atoms. The lowest BCUT2D eigenvalue weighted by atomic mass is 9.72. The van der Waals surface area contributed by atoms with Crippen LogP contribution in [0.5, 0.6) is 0 Å². The van der Waals surface area contributed by atoms with E-state index in [1.54, 1.807) is 0 Å². The van der Waals surface area contributed by atoms with Crippen molar-refractivity contribution in [2.75, 3.05) is 26.3 Å². The highest BCUT2D eigenvalue weighted by Crippen LogP contribution is 2.44. The minimum Gasteiger partial charge on any atom is -0.481 e. The molecule has 116 valence electrons. The summed E-state index contributed by atoms with van der Waals surface area (Å²) in [5.41, 5.74) is 1.05. The molecule has 0 amide bonds. The molecule has 3 rings (SSSR count). The van der Waals surface area contributed by atoms with Crippen molar-refractivity contribution in [1.29, 1.82) is 0 Å². The highest BCUT2D eigenvalue weighted by molar-refractivity contribution is 5.72. The molecule has 0 bridgehead atoms. The summed E-state index contributed by atoms with van der Waals surface area (Å²) in [5.74, 6) is -0.939. The summed E-state index contributed by atoms with van der Waals surface area (Å²) in [6.07, 6.45) is 5.64. The van der Waals surface area contributed by atoms with Crippen LogP contribution in [-0.4, -0.2) is 52.1 Å². The molecule has 6 nitrogen and oxygen atoms in total. The molecular formula is C15H23N3O3. The molecule has 1 unspecified atom stereocenters. The van der Waals surface area contributed by atoms with Gasteiger partial charge in [0.05, 0.1) is 12.1 Å². The minimum atomic E-state index is -0.663. The molecule has 1 aromatic rings. The number of aliphatic carboxylic acids is 1. The molecule has 2 aliphatic rings. The van der Waals surface area contributed by atoms with E-state index in [-0.39, 0.29) is 11.3 Å². The number of carboxylic acid groups (broad SMARTS) is 1. The first-order valence-electron chi connectivity index (χ1n) is 7.67. The van der Waals surface area contributed by atoms with Gasteiger partial charge in [0.2, 0.25) is 0 Å². The summed E-state index contributed by atoms with van der Waals surface area (Å²) in [7, 11) is 0. The van der Waals surface area contributed by atoms with Crippen molar-refractivity contribution in [3.63, 3.8) is 0 Å². The first kappa shape index (κ1) is 14.5. The first-order valence-corrected chi connectivity index (χ1v) is 7.67. The Morgan fingerprint density at radius 2 is 2.29 bits per heavy atom. The molecule has 0 radical (unpaired) electrons. The summed E-state index contributed by atoms with van der Waals surface area (Å²) < 4.78 is 7.34. The van der Waals surface area contributed by atoms with Crippen LogP contribution >= 0.6 is 0 Å². The number of carbonyl (C=O) groups is 1. The molecule has 1 aromatic heterocycles. The Morgan fingerprint density at radius 3 is 2.90 bits per heavy atom. The molecule has 0 aliphatic carbocycles. The van der Waals surface area contributed by atoms with E-state index >= 15 is 0 Å². The predicted octanol–water partition coefficient (Wildman–Crippen LogP) is 1.22. The van der Waals surface area contributed by atoms with Gasteiger partial charge in [-0.3, -0.25) is 14.4 Å². The van der Waals surface area contributed by atoms with Gasteiger partial charge in [0.1, 0.15) is 0 Å². The largest absolute Gasteiger partial charge is 0.481 e. The van der Waals surface area contributed by atoms with Gasteiger partial charge in [-0.2, -0.15) is 5.10 Å². The summed E-state index contributed by atoms with van der Waals surface area (Å²) in [6, 6.07) is 0. The van der Waals surface area contributed by atoms with Crippen molar-refractivity contribution < 1.29 is 14.6 Å². The van der Waals surface area contributed by atoms with E-state index in [0.29, 0.717) is 19.8 Å². The van der Waals surface area contributed by atoms with Crippen molar-refractivity contribution in [1.82, 2.24) is 14.7 Å². The van der Waals surface area contributed by atoms with E-state index in [2.05, 4.69) is 16.9 Å². The van der Waals surface area contributed by atoms with Crippen LogP contribution in [0.15, 0.2) is 12.4 Å². The van der Waals surface area contributed by atoms with Crippen molar-refractivity contribution in [2.24, 2.45) is 11.3 Å². The third-order valence-corrected chi connectivity index (χ3v) is 4.92. The number of hydrogen-bond acceptors (Lipinski definition) is 4. The normalized spacial score (nSPS) is 25.5. The third-order valence-electron chi connectivity index (χ3n) is 4.92. The van der Waals surface area contributed by atoms with Crippen LogP contribution in [0, 0.1) is 11.3 Å². The maximum atomic E-state index is 11.6. The van der Waals surface area contributed by atoms with Crippen LogP contribution in [0.1, 0.15) is 25.3 Å². The summed E-state index contributed by atoms with van der Waals surface area (Å²) in [4.78, 5) is 13.9. The number of likely N-dealkylation sites (tertiary alicyclic amines) is 1. The highest BCUT2D eigenvalue weighted by Gasteiger charge is 2.50. The second kappa shape index (κ2) is 5.77. The van der Waals surface area contributed by atoms with E-state index in [1.165, 1.54) is 0 Å². The van der Waals surface area contributed by atoms with Crippen LogP contribution in [0.2, 0.25) is 0 Å². The summed E-state index contributed by atoms with van der Waals surface area (Å²) >= 11 is 0. The monoisotopic (exact) mass is 293 g/mol.